The van der Waals surface area contributed by atoms with Gasteiger partial charge in [0.05, 0.1) is 0 Å². The van der Waals surface area contributed by atoms with Gasteiger partial charge in [0.2, 0.25) is 0 Å². The van der Waals surface area contributed by atoms with Crippen molar-refractivity contribution in [1.29, 1.82) is 0 Å². The minimum absolute atomic E-state index is 0.544. The van der Waals surface area contributed by atoms with Crippen LogP contribution in [-0.2, 0) is 6.42 Å². The molecular formula is C17H26N2. The second kappa shape index (κ2) is 6.06. The van der Waals surface area contributed by atoms with Crippen LogP contribution in [-0.4, -0.2) is 30.6 Å². The van der Waals surface area contributed by atoms with Crippen LogP contribution < -0.4 is 5.32 Å². The molecule has 1 fully saturated rings. The lowest BCUT2D eigenvalue weighted by Gasteiger charge is -2.39. The van der Waals surface area contributed by atoms with Gasteiger partial charge in [0, 0.05) is 12.1 Å². The van der Waals surface area contributed by atoms with Crippen molar-refractivity contribution in [3.8, 4) is 0 Å². The van der Waals surface area contributed by atoms with E-state index >= 15 is 0 Å². The van der Waals surface area contributed by atoms with Crippen molar-refractivity contribution in [2.24, 2.45) is 0 Å². The Hall–Kier alpha value is -0.860. The maximum Gasteiger partial charge on any atom is 0.0481 e. The Bertz CT molecular complexity index is 409. The predicted molar refractivity (Wildman–Crippen MR) is 80.4 cm³/mol. The van der Waals surface area contributed by atoms with Crippen molar-refractivity contribution in [2.45, 2.75) is 51.1 Å². The highest BCUT2D eigenvalue weighted by molar-refractivity contribution is 5.34. The quantitative estimate of drug-likeness (QED) is 0.892. The third-order valence-corrected chi connectivity index (χ3v) is 4.71. The molecule has 0 radical (unpaired) electrons. The van der Waals surface area contributed by atoms with Crippen LogP contribution in [0.25, 0.3) is 0 Å². The third-order valence-electron chi connectivity index (χ3n) is 4.71. The molecule has 1 saturated heterocycles. The van der Waals surface area contributed by atoms with Gasteiger partial charge in [-0.05, 0) is 62.9 Å². The summed E-state index contributed by atoms with van der Waals surface area (Å²) in [4.78, 5) is 2.73. The monoisotopic (exact) mass is 258 g/mol. The molecule has 0 aromatic heterocycles. The molecule has 104 valence electrons. The number of aryl methyl sites for hydroxylation is 1. The number of benzene rings is 1. The van der Waals surface area contributed by atoms with Gasteiger partial charge in [-0.1, -0.05) is 31.2 Å². The lowest BCUT2D eigenvalue weighted by atomic mass is 9.83. The number of nitrogens with zero attached hydrogens (tertiary/aromatic N) is 1. The van der Waals surface area contributed by atoms with Crippen molar-refractivity contribution >= 4 is 0 Å². The second-order valence-electron chi connectivity index (χ2n) is 5.98. The van der Waals surface area contributed by atoms with E-state index in [-0.39, 0.29) is 0 Å². The number of nitrogens with one attached hydrogen (secondary N) is 1. The standard InChI is InChI=1S/C17H26N2/c1-2-11-18-17-15-8-4-3-7-14(15)9-10-16(17)19-12-5-6-13-19/h3-4,7-8,16-18H,2,5-6,9-13H2,1H3. The molecule has 0 amide bonds. The lowest BCUT2D eigenvalue weighted by molar-refractivity contribution is 0.172. The van der Waals surface area contributed by atoms with Crippen LogP contribution in [0.5, 0.6) is 0 Å². The lowest BCUT2D eigenvalue weighted by Crippen LogP contribution is -2.46. The largest absolute Gasteiger partial charge is 0.309 e. The Morgan fingerprint density at radius 1 is 1.21 bits per heavy atom. The van der Waals surface area contributed by atoms with E-state index in [4.69, 9.17) is 0 Å². The Kier molecular flexibility index (Phi) is 4.19. The van der Waals surface area contributed by atoms with Crippen molar-refractivity contribution in [2.75, 3.05) is 19.6 Å². The van der Waals surface area contributed by atoms with E-state index in [2.05, 4.69) is 41.4 Å². The van der Waals surface area contributed by atoms with Gasteiger partial charge in [-0.25, -0.2) is 0 Å². The smallest absolute Gasteiger partial charge is 0.0481 e. The minimum atomic E-state index is 0.544. The summed E-state index contributed by atoms with van der Waals surface area (Å²) >= 11 is 0. The highest BCUT2D eigenvalue weighted by atomic mass is 15.2. The van der Waals surface area contributed by atoms with E-state index in [1.54, 1.807) is 11.1 Å². The molecule has 1 aliphatic carbocycles. The number of fused-ring (bicyclic) bond motifs is 1. The Balaban J connectivity index is 1.84. The number of rotatable bonds is 4. The van der Waals surface area contributed by atoms with E-state index in [0.717, 1.165) is 6.54 Å². The van der Waals surface area contributed by atoms with Gasteiger partial charge >= 0.3 is 0 Å². The zero-order valence-electron chi connectivity index (χ0n) is 12.1. The molecule has 1 heterocycles. The second-order valence-corrected chi connectivity index (χ2v) is 5.98. The minimum Gasteiger partial charge on any atom is -0.309 e. The summed E-state index contributed by atoms with van der Waals surface area (Å²) in [7, 11) is 0. The van der Waals surface area contributed by atoms with Gasteiger partial charge in [-0.3, -0.25) is 4.90 Å². The first-order valence-corrected chi connectivity index (χ1v) is 7.95. The molecule has 1 aliphatic heterocycles. The third kappa shape index (κ3) is 2.70. The van der Waals surface area contributed by atoms with Crippen molar-refractivity contribution in [3.63, 3.8) is 0 Å². The van der Waals surface area contributed by atoms with Crippen LogP contribution in [0, 0.1) is 0 Å². The maximum absolute atomic E-state index is 3.81. The molecule has 19 heavy (non-hydrogen) atoms. The Labute approximate surface area is 117 Å². The number of hydrogen-bond acceptors (Lipinski definition) is 2. The molecule has 0 saturated carbocycles. The van der Waals surface area contributed by atoms with Crippen LogP contribution >= 0.6 is 0 Å². The molecule has 0 bridgehead atoms. The maximum atomic E-state index is 3.81. The molecule has 1 N–H and O–H groups in total. The van der Waals surface area contributed by atoms with E-state index in [9.17, 15) is 0 Å². The Morgan fingerprint density at radius 2 is 2.00 bits per heavy atom. The van der Waals surface area contributed by atoms with Crippen LogP contribution in [0.4, 0.5) is 0 Å². The zero-order valence-corrected chi connectivity index (χ0v) is 12.1. The SMILES string of the molecule is CCCNC1c2ccccc2CCC1N1CCCC1. The fourth-order valence-electron chi connectivity index (χ4n) is 3.76. The molecular weight excluding hydrogens is 232 g/mol. The summed E-state index contributed by atoms with van der Waals surface area (Å²) in [5, 5.41) is 3.81. The van der Waals surface area contributed by atoms with E-state index in [1.165, 1.54) is 45.2 Å². The van der Waals surface area contributed by atoms with Gasteiger partial charge in [-0.15, -0.1) is 0 Å². The molecule has 1 aromatic rings. The number of hydrogen-bond donors (Lipinski definition) is 1. The van der Waals surface area contributed by atoms with Crippen LogP contribution in [0.1, 0.15) is 49.8 Å². The van der Waals surface area contributed by atoms with Gasteiger partial charge in [0.25, 0.3) is 0 Å². The summed E-state index contributed by atoms with van der Waals surface area (Å²) in [5.74, 6) is 0. The first-order valence-electron chi connectivity index (χ1n) is 7.95. The summed E-state index contributed by atoms with van der Waals surface area (Å²) in [5.41, 5.74) is 3.12. The van der Waals surface area contributed by atoms with E-state index in [0.29, 0.717) is 12.1 Å². The zero-order chi connectivity index (χ0) is 13.1. The molecule has 2 aliphatic rings. The summed E-state index contributed by atoms with van der Waals surface area (Å²) in [6.45, 7) is 5.99. The number of likely N-dealkylation sites (tertiary alicyclic amines) is 1. The molecule has 0 spiro atoms. The normalized spacial score (nSPS) is 27.4. The molecule has 2 unspecified atom stereocenters. The average molecular weight is 258 g/mol. The first-order chi connectivity index (χ1) is 9.40. The van der Waals surface area contributed by atoms with Gasteiger partial charge in [-0.2, -0.15) is 0 Å². The predicted octanol–water partition coefficient (Wildman–Crippen LogP) is 3.14. The topological polar surface area (TPSA) is 15.3 Å². The average Bonchev–Trinajstić information content (AvgIpc) is 2.98. The van der Waals surface area contributed by atoms with Crippen molar-refractivity contribution in [3.05, 3.63) is 35.4 Å². The van der Waals surface area contributed by atoms with E-state index in [1.807, 2.05) is 0 Å². The first kappa shape index (κ1) is 13.1. The van der Waals surface area contributed by atoms with Crippen molar-refractivity contribution < 1.29 is 0 Å². The van der Waals surface area contributed by atoms with Gasteiger partial charge in [0.1, 0.15) is 0 Å². The summed E-state index contributed by atoms with van der Waals surface area (Å²) < 4.78 is 0. The van der Waals surface area contributed by atoms with Crippen LogP contribution in [0.3, 0.4) is 0 Å². The molecule has 2 heteroatoms. The van der Waals surface area contributed by atoms with Crippen LogP contribution in [0.2, 0.25) is 0 Å². The highest BCUT2D eigenvalue weighted by Crippen LogP contribution is 2.34. The van der Waals surface area contributed by atoms with Crippen LogP contribution in [0.15, 0.2) is 24.3 Å². The molecule has 1 aromatic carbocycles. The van der Waals surface area contributed by atoms with E-state index < -0.39 is 0 Å². The summed E-state index contributed by atoms with van der Waals surface area (Å²) in [6.07, 6.45) is 6.56. The highest BCUT2D eigenvalue weighted by Gasteiger charge is 2.33. The van der Waals surface area contributed by atoms with Gasteiger partial charge < -0.3 is 5.32 Å². The summed E-state index contributed by atoms with van der Waals surface area (Å²) in [6, 6.07) is 10.3. The molecule has 2 nitrogen and oxygen atoms in total. The molecule has 2 atom stereocenters. The fraction of sp³-hybridized carbons (Fsp3) is 0.647. The molecule has 3 rings (SSSR count). The fourth-order valence-corrected chi connectivity index (χ4v) is 3.76. The Morgan fingerprint density at radius 3 is 2.79 bits per heavy atom. The van der Waals surface area contributed by atoms with Crippen molar-refractivity contribution in [1.82, 2.24) is 10.2 Å². The van der Waals surface area contributed by atoms with Gasteiger partial charge in [0.15, 0.2) is 0 Å².